The normalized spacial score (nSPS) is 17.7. The van der Waals surface area contributed by atoms with Crippen molar-refractivity contribution in [2.45, 2.75) is 50.6 Å². The van der Waals surface area contributed by atoms with Crippen LogP contribution in [0.15, 0.2) is 54.9 Å². The van der Waals surface area contributed by atoms with Crippen molar-refractivity contribution in [3.05, 3.63) is 82.8 Å². The molecule has 8 nitrogen and oxygen atoms in total. The average Bonchev–Trinajstić information content (AvgIpc) is 3.66. The Labute approximate surface area is 242 Å². The number of aryl methyl sites for hydroxylation is 1. The minimum atomic E-state index is -2.52. The Kier molecular flexibility index (Phi) is 6.35. The Balaban J connectivity index is 1.18. The predicted molar refractivity (Wildman–Crippen MR) is 153 cm³/mol. The zero-order chi connectivity index (χ0) is 29.0. The number of nitrogens with zero attached hydrogens (tertiary/aromatic N) is 6. The number of halogens is 2. The van der Waals surface area contributed by atoms with Gasteiger partial charge in [-0.3, -0.25) is 9.69 Å². The molecule has 0 atom stereocenters. The summed E-state index contributed by atoms with van der Waals surface area (Å²) in [7, 11) is 1.86. The molecule has 2 aliphatic carbocycles. The number of pyridine rings is 1. The number of fused-ring (bicyclic) bond motifs is 1. The molecule has 2 aromatic heterocycles. The number of nitriles is 1. The molecule has 0 radical (unpaired) electrons. The van der Waals surface area contributed by atoms with Gasteiger partial charge in [0.25, 0.3) is 5.91 Å². The van der Waals surface area contributed by atoms with Gasteiger partial charge in [-0.2, -0.15) is 5.26 Å². The Hall–Kier alpha value is -4.49. The maximum Gasteiger partial charge on any atom is 0.260 e. The number of alkyl halides is 2. The Morgan fingerprint density at radius 1 is 1.07 bits per heavy atom. The van der Waals surface area contributed by atoms with Crippen LogP contribution in [0.5, 0.6) is 0 Å². The second kappa shape index (κ2) is 10.1. The first-order valence-electron chi connectivity index (χ1n) is 14.2. The van der Waals surface area contributed by atoms with Gasteiger partial charge in [-0.15, -0.1) is 10.2 Å². The lowest BCUT2D eigenvalue weighted by Crippen LogP contribution is -2.40. The summed E-state index contributed by atoms with van der Waals surface area (Å²) >= 11 is 0. The minimum Gasteiger partial charge on any atom is -0.317 e. The average molecular weight is 566 g/mol. The van der Waals surface area contributed by atoms with Crippen LogP contribution in [0.1, 0.15) is 64.3 Å². The van der Waals surface area contributed by atoms with E-state index in [-0.39, 0.29) is 24.7 Å². The number of carbonyl (C=O) groups is 1. The first kappa shape index (κ1) is 26.4. The van der Waals surface area contributed by atoms with E-state index in [1.54, 1.807) is 17.3 Å². The number of aromatic nitrogens is 4. The molecule has 10 heteroatoms. The highest BCUT2D eigenvalue weighted by atomic mass is 19.3. The number of benzene rings is 2. The fraction of sp³-hybridized carbons (Fsp3) is 0.344. The summed E-state index contributed by atoms with van der Waals surface area (Å²) in [5, 5.41) is 21.2. The topological polar surface area (TPSA) is 99.7 Å². The van der Waals surface area contributed by atoms with Crippen LogP contribution < -0.4 is 10.2 Å². The van der Waals surface area contributed by atoms with Crippen molar-refractivity contribution in [1.82, 2.24) is 25.1 Å². The van der Waals surface area contributed by atoms with Gasteiger partial charge in [0.05, 0.1) is 18.2 Å². The second-order valence-electron chi connectivity index (χ2n) is 11.7. The molecule has 0 saturated heterocycles. The molecule has 42 heavy (non-hydrogen) atoms. The highest BCUT2D eigenvalue weighted by molar-refractivity contribution is 6.10. The molecule has 7 rings (SSSR count). The van der Waals surface area contributed by atoms with Gasteiger partial charge in [0.1, 0.15) is 12.1 Å². The SMILES string of the molecule is Cn1cnnc1-c1cc(C#N)ccc1-c1cc(C2CC2)nc(N2Cc3ccc(CNCC4CC(F)(F)C4)cc3C2=O)c1. The summed E-state index contributed by atoms with van der Waals surface area (Å²) in [5.41, 5.74) is 6.56. The van der Waals surface area contributed by atoms with Crippen molar-refractivity contribution in [2.24, 2.45) is 13.0 Å². The Bertz CT molecular complexity index is 1750. The molecule has 2 fully saturated rings. The molecule has 4 aromatic rings. The highest BCUT2D eigenvalue weighted by Gasteiger charge is 2.44. The van der Waals surface area contributed by atoms with E-state index < -0.39 is 5.92 Å². The fourth-order valence-corrected chi connectivity index (χ4v) is 5.99. The monoisotopic (exact) mass is 565 g/mol. The lowest BCUT2D eigenvalue weighted by molar-refractivity contribution is -0.109. The van der Waals surface area contributed by atoms with E-state index >= 15 is 0 Å². The third kappa shape index (κ3) is 4.94. The number of rotatable bonds is 8. The summed E-state index contributed by atoms with van der Waals surface area (Å²) in [6.07, 6.45) is 3.62. The van der Waals surface area contributed by atoms with Crippen LogP contribution in [0, 0.1) is 17.2 Å². The van der Waals surface area contributed by atoms with Crippen LogP contribution in [-0.2, 0) is 20.1 Å². The van der Waals surface area contributed by atoms with E-state index in [2.05, 4.69) is 27.6 Å². The molecule has 3 aliphatic rings. The summed E-state index contributed by atoms with van der Waals surface area (Å²) < 4.78 is 28.1. The standard InChI is InChI=1S/C32H29F2N7O/c1-40-18-37-39-30(40)27-8-19(14-35)3-7-25(27)24-10-28(22-5-6-22)38-29(11-24)41-17-23-4-2-20(9-26(23)31(41)42)15-36-16-21-12-32(33,34)13-21/h2-4,7-11,18,21-22,36H,5-6,12-13,15-17H2,1H3. The van der Waals surface area contributed by atoms with Crippen LogP contribution in [0.2, 0.25) is 0 Å². The zero-order valence-electron chi connectivity index (χ0n) is 23.1. The van der Waals surface area contributed by atoms with Crippen LogP contribution in [-0.4, -0.2) is 38.1 Å². The summed E-state index contributed by atoms with van der Waals surface area (Å²) in [6.45, 7) is 1.48. The summed E-state index contributed by atoms with van der Waals surface area (Å²) in [5.74, 6) is -1.04. The molecule has 1 aliphatic heterocycles. The van der Waals surface area contributed by atoms with Crippen molar-refractivity contribution in [3.63, 3.8) is 0 Å². The summed E-state index contributed by atoms with van der Waals surface area (Å²) in [4.78, 5) is 20.4. The van der Waals surface area contributed by atoms with Crippen molar-refractivity contribution < 1.29 is 13.6 Å². The van der Waals surface area contributed by atoms with E-state index in [9.17, 15) is 18.8 Å². The van der Waals surface area contributed by atoms with E-state index in [1.165, 1.54) is 0 Å². The molecule has 1 amide bonds. The summed E-state index contributed by atoms with van der Waals surface area (Å²) in [6, 6.07) is 17.6. The van der Waals surface area contributed by atoms with Crippen LogP contribution >= 0.6 is 0 Å². The first-order valence-corrected chi connectivity index (χ1v) is 14.2. The zero-order valence-corrected chi connectivity index (χ0v) is 23.1. The van der Waals surface area contributed by atoms with Crippen LogP contribution in [0.4, 0.5) is 14.6 Å². The molecule has 212 valence electrons. The third-order valence-electron chi connectivity index (χ3n) is 8.43. The van der Waals surface area contributed by atoms with Crippen LogP contribution in [0.3, 0.4) is 0 Å². The van der Waals surface area contributed by atoms with E-state index in [1.807, 2.05) is 48.0 Å². The Morgan fingerprint density at radius 2 is 1.90 bits per heavy atom. The van der Waals surface area contributed by atoms with E-state index in [4.69, 9.17) is 4.98 Å². The molecular weight excluding hydrogens is 536 g/mol. The smallest absolute Gasteiger partial charge is 0.260 e. The molecule has 0 unspecified atom stereocenters. The lowest BCUT2D eigenvalue weighted by Gasteiger charge is -2.35. The fourth-order valence-electron chi connectivity index (χ4n) is 5.99. The predicted octanol–water partition coefficient (Wildman–Crippen LogP) is 5.59. The van der Waals surface area contributed by atoms with Gasteiger partial charge < -0.3 is 9.88 Å². The first-order chi connectivity index (χ1) is 20.3. The number of carbonyl (C=O) groups excluding carboxylic acids is 1. The minimum absolute atomic E-state index is 0.00384. The molecular formula is C32H29F2N7O. The van der Waals surface area contributed by atoms with Gasteiger partial charge in [-0.1, -0.05) is 18.2 Å². The second-order valence-corrected chi connectivity index (χ2v) is 11.7. The molecule has 1 N–H and O–H groups in total. The number of amides is 1. The largest absolute Gasteiger partial charge is 0.317 e. The molecule has 2 aromatic carbocycles. The maximum absolute atomic E-state index is 13.7. The van der Waals surface area contributed by atoms with Gasteiger partial charge >= 0.3 is 0 Å². The van der Waals surface area contributed by atoms with E-state index in [0.717, 1.165) is 46.4 Å². The molecule has 0 spiro atoms. The molecule has 2 saturated carbocycles. The number of hydrogen-bond acceptors (Lipinski definition) is 6. The third-order valence-corrected chi connectivity index (χ3v) is 8.43. The quantitative estimate of drug-likeness (QED) is 0.299. The van der Waals surface area contributed by atoms with Gasteiger partial charge in [0.2, 0.25) is 5.92 Å². The lowest BCUT2D eigenvalue weighted by atomic mass is 9.81. The van der Waals surface area contributed by atoms with Crippen molar-refractivity contribution in [3.8, 4) is 28.6 Å². The molecule has 3 heterocycles. The number of hydrogen-bond donors (Lipinski definition) is 1. The van der Waals surface area contributed by atoms with Crippen molar-refractivity contribution in [2.75, 3.05) is 11.4 Å². The molecule has 0 bridgehead atoms. The maximum atomic E-state index is 13.7. The number of anilines is 1. The van der Waals surface area contributed by atoms with Crippen molar-refractivity contribution >= 4 is 11.7 Å². The van der Waals surface area contributed by atoms with Gasteiger partial charge in [0, 0.05) is 49.2 Å². The van der Waals surface area contributed by atoms with Gasteiger partial charge in [-0.05, 0) is 77.9 Å². The van der Waals surface area contributed by atoms with Gasteiger partial charge in [0.15, 0.2) is 5.82 Å². The highest BCUT2D eigenvalue weighted by Crippen LogP contribution is 2.44. The van der Waals surface area contributed by atoms with Gasteiger partial charge in [-0.25, -0.2) is 13.8 Å². The van der Waals surface area contributed by atoms with Crippen LogP contribution in [0.25, 0.3) is 22.5 Å². The van der Waals surface area contributed by atoms with Crippen molar-refractivity contribution in [1.29, 1.82) is 5.26 Å². The van der Waals surface area contributed by atoms with E-state index in [0.29, 0.717) is 48.3 Å². The Morgan fingerprint density at radius 3 is 2.62 bits per heavy atom. The number of nitrogens with one attached hydrogen (secondary N) is 1.